The predicted octanol–water partition coefficient (Wildman–Crippen LogP) is 2.32. The molecule has 0 radical (unpaired) electrons. The van der Waals surface area contributed by atoms with E-state index in [1.54, 1.807) is 22.9 Å². The third-order valence-corrected chi connectivity index (χ3v) is 2.44. The summed E-state index contributed by atoms with van der Waals surface area (Å²) in [6, 6.07) is 6.16. The van der Waals surface area contributed by atoms with Crippen LogP contribution >= 0.6 is 0 Å². The zero-order valence-corrected chi connectivity index (χ0v) is 10.2. The highest BCUT2D eigenvalue weighted by Gasteiger charge is 2.09. The summed E-state index contributed by atoms with van der Waals surface area (Å²) in [4.78, 5) is 15.9. The van der Waals surface area contributed by atoms with E-state index in [4.69, 9.17) is 9.84 Å². The Morgan fingerprint density at radius 3 is 2.56 bits per heavy atom. The van der Waals surface area contributed by atoms with Gasteiger partial charge in [-0.15, -0.1) is 0 Å². The molecule has 0 fully saturated rings. The summed E-state index contributed by atoms with van der Waals surface area (Å²) < 4.78 is 6.94. The number of phenolic OH excluding ortho intramolecular Hbond substituents is 1. The van der Waals surface area contributed by atoms with Crippen LogP contribution in [-0.2, 0) is 0 Å². The fraction of sp³-hybridized carbons (Fsp3) is 0.231. The summed E-state index contributed by atoms with van der Waals surface area (Å²) in [7, 11) is 0. The lowest BCUT2D eigenvalue weighted by atomic mass is 10.3. The number of hydrogen-bond donors (Lipinski definition) is 1. The molecule has 0 saturated heterocycles. The number of benzene rings is 1. The molecule has 0 amide bonds. The average molecular weight is 246 g/mol. The van der Waals surface area contributed by atoms with Crippen LogP contribution in [0.3, 0.4) is 0 Å². The molecule has 1 aromatic heterocycles. The van der Waals surface area contributed by atoms with Gasteiger partial charge in [0.2, 0.25) is 0 Å². The van der Waals surface area contributed by atoms with E-state index >= 15 is 0 Å². The van der Waals surface area contributed by atoms with Crippen molar-refractivity contribution < 1.29 is 9.84 Å². The summed E-state index contributed by atoms with van der Waals surface area (Å²) in [5.41, 5.74) is -0.277. The average Bonchev–Trinajstić information content (AvgIpc) is 2.34. The lowest BCUT2D eigenvalue weighted by molar-refractivity contribution is 0.433. The van der Waals surface area contributed by atoms with Crippen LogP contribution in [0, 0.1) is 0 Å². The molecular weight excluding hydrogens is 232 g/mol. The number of aromatic hydroxyl groups is 1. The van der Waals surface area contributed by atoms with Crippen LogP contribution in [0.25, 0.3) is 0 Å². The van der Waals surface area contributed by atoms with Crippen molar-refractivity contribution in [2.24, 2.45) is 0 Å². The van der Waals surface area contributed by atoms with Crippen LogP contribution in [0.1, 0.15) is 19.9 Å². The summed E-state index contributed by atoms with van der Waals surface area (Å²) in [6.07, 6.45) is 3.15. The van der Waals surface area contributed by atoms with Crippen LogP contribution in [0.2, 0.25) is 0 Å². The number of rotatable bonds is 3. The SMILES string of the molecule is CC(C)n1ccnc(Oc2ccc(O)cc2)c1=O. The van der Waals surface area contributed by atoms with Crippen molar-refractivity contribution in [2.45, 2.75) is 19.9 Å². The van der Waals surface area contributed by atoms with E-state index in [9.17, 15) is 4.79 Å². The fourth-order valence-corrected chi connectivity index (χ4v) is 1.51. The zero-order valence-electron chi connectivity index (χ0n) is 10.2. The molecule has 2 aromatic rings. The molecule has 0 aliphatic carbocycles. The van der Waals surface area contributed by atoms with Gasteiger partial charge in [0, 0.05) is 18.4 Å². The smallest absolute Gasteiger partial charge is 0.313 e. The Bertz CT molecular complexity index is 588. The van der Waals surface area contributed by atoms with E-state index in [2.05, 4.69) is 4.98 Å². The van der Waals surface area contributed by atoms with E-state index in [-0.39, 0.29) is 23.2 Å². The number of aromatic nitrogens is 2. The quantitative estimate of drug-likeness (QED) is 0.902. The number of hydrogen-bond acceptors (Lipinski definition) is 4. The molecule has 5 nitrogen and oxygen atoms in total. The van der Waals surface area contributed by atoms with Gasteiger partial charge in [-0.05, 0) is 38.1 Å². The van der Waals surface area contributed by atoms with Gasteiger partial charge in [-0.3, -0.25) is 4.79 Å². The Kier molecular flexibility index (Phi) is 3.32. The highest BCUT2D eigenvalue weighted by Crippen LogP contribution is 2.19. The molecule has 1 heterocycles. The first-order valence-electron chi connectivity index (χ1n) is 5.62. The summed E-state index contributed by atoms with van der Waals surface area (Å²) >= 11 is 0. The van der Waals surface area contributed by atoms with Gasteiger partial charge >= 0.3 is 5.56 Å². The minimum atomic E-state index is -0.277. The Morgan fingerprint density at radius 1 is 1.28 bits per heavy atom. The Labute approximate surface area is 104 Å². The first kappa shape index (κ1) is 12.2. The largest absolute Gasteiger partial charge is 0.508 e. The highest BCUT2D eigenvalue weighted by atomic mass is 16.5. The van der Waals surface area contributed by atoms with E-state index in [1.165, 1.54) is 18.3 Å². The lowest BCUT2D eigenvalue weighted by Crippen LogP contribution is -2.23. The molecule has 0 spiro atoms. The minimum Gasteiger partial charge on any atom is -0.508 e. The van der Waals surface area contributed by atoms with Crippen molar-refractivity contribution in [3.8, 4) is 17.4 Å². The Hall–Kier alpha value is -2.30. The first-order valence-corrected chi connectivity index (χ1v) is 5.62. The molecule has 0 aliphatic rings. The molecule has 0 saturated carbocycles. The van der Waals surface area contributed by atoms with Crippen LogP contribution in [0.4, 0.5) is 0 Å². The monoisotopic (exact) mass is 246 g/mol. The van der Waals surface area contributed by atoms with Crippen LogP contribution in [-0.4, -0.2) is 14.7 Å². The van der Waals surface area contributed by atoms with Gasteiger partial charge in [-0.25, -0.2) is 4.98 Å². The van der Waals surface area contributed by atoms with Crippen molar-refractivity contribution in [3.63, 3.8) is 0 Å². The van der Waals surface area contributed by atoms with Crippen LogP contribution < -0.4 is 10.3 Å². The second-order valence-electron chi connectivity index (χ2n) is 4.13. The number of phenols is 1. The first-order chi connectivity index (χ1) is 8.58. The maximum atomic E-state index is 12.0. The van der Waals surface area contributed by atoms with Crippen molar-refractivity contribution in [2.75, 3.05) is 0 Å². The Morgan fingerprint density at radius 2 is 1.94 bits per heavy atom. The molecule has 0 aliphatic heterocycles. The van der Waals surface area contributed by atoms with E-state index in [0.29, 0.717) is 5.75 Å². The lowest BCUT2D eigenvalue weighted by Gasteiger charge is -2.10. The normalized spacial score (nSPS) is 10.6. The fourth-order valence-electron chi connectivity index (χ4n) is 1.51. The summed E-state index contributed by atoms with van der Waals surface area (Å²) in [5, 5.41) is 9.16. The van der Waals surface area contributed by atoms with Crippen molar-refractivity contribution in [3.05, 3.63) is 47.0 Å². The minimum absolute atomic E-state index is 0.0249. The summed E-state index contributed by atoms with van der Waals surface area (Å²) in [6.45, 7) is 3.82. The van der Waals surface area contributed by atoms with E-state index in [1.807, 2.05) is 13.8 Å². The van der Waals surface area contributed by atoms with Gasteiger partial charge < -0.3 is 14.4 Å². The van der Waals surface area contributed by atoms with Crippen molar-refractivity contribution in [1.82, 2.24) is 9.55 Å². The van der Waals surface area contributed by atoms with E-state index in [0.717, 1.165) is 0 Å². The van der Waals surface area contributed by atoms with Crippen molar-refractivity contribution in [1.29, 1.82) is 0 Å². The van der Waals surface area contributed by atoms with Gasteiger partial charge in [-0.1, -0.05) is 0 Å². The zero-order chi connectivity index (χ0) is 13.1. The molecule has 18 heavy (non-hydrogen) atoms. The summed E-state index contributed by atoms with van der Waals surface area (Å²) in [5.74, 6) is 0.624. The second-order valence-corrected chi connectivity index (χ2v) is 4.13. The van der Waals surface area contributed by atoms with Gasteiger partial charge in [0.1, 0.15) is 11.5 Å². The van der Waals surface area contributed by atoms with Gasteiger partial charge in [0.05, 0.1) is 0 Å². The molecule has 1 aromatic carbocycles. The topological polar surface area (TPSA) is 64.3 Å². The van der Waals surface area contributed by atoms with Crippen molar-refractivity contribution >= 4 is 0 Å². The van der Waals surface area contributed by atoms with Gasteiger partial charge in [0.25, 0.3) is 5.88 Å². The molecule has 0 unspecified atom stereocenters. The maximum Gasteiger partial charge on any atom is 0.313 e. The standard InChI is InChI=1S/C13H14N2O3/c1-9(2)15-8-7-14-12(13(15)17)18-11-5-3-10(16)4-6-11/h3-9,16H,1-2H3. The van der Waals surface area contributed by atoms with E-state index < -0.39 is 0 Å². The van der Waals surface area contributed by atoms with Crippen LogP contribution in [0.5, 0.6) is 17.4 Å². The highest BCUT2D eigenvalue weighted by molar-refractivity contribution is 5.32. The van der Waals surface area contributed by atoms with Crippen LogP contribution in [0.15, 0.2) is 41.5 Å². The molecule has 0 atom stereocenters. The number of nitrogens with zero attached hydrogens (tertiary/aromatic N) is 2. The number of ether oxygens (including phenoxy) is 1. The van der Waals surface area contributed by atoms with Gasteiger partial charge in [-0.2, -0.15) is 0 Å². The molecule has 0 bridgehead atoms. The molecule has 2 rings (SSSR count). The maximum absolute atomic E-state index is 12.0. The Balaban J connectivity index is 2.32. The molecule has 94 valence electrons. The third-order valence-electron chi connectivity index (χ3n) is 2.44. The molecular formula is C13H14N2O3. The molecule has 1 N–H and O–H groups in total. The second kappa shape index (κ2) is 4.91. The third kappa shape index (κ3) is 2.51. The molecule has 5 heteroatoms. The predicted molar refractivity (Wildman–Crippen MR) is 67.1 cm³/mol. The van der Waals surface area contributed by atoms with Gasteiger partial charge in [0.15, 0.2) is 0 Å².